The number of nitrogens with zero attached hydrogens (tertiary/aromatic N) is 2. The van der Waals surface area contributed by atoms with Gasteiger partial charge in [0.25, 0.3) is 0 Å². The van der Waals surface area contributed by atoms with E-state index in [2.05, 4.69) is 10.5 Å². The lowest BCUT2D eigenvalue weighted by Crippen LogP contribution is -2.35. The Labute approximate surface area is 209 Å². The van der Waals surface area contributed by atoms with Crippen molar-refractivity contribution in [3.05, 3.63) is 53.3 Å². The highest BCUT2D eigenvalue weighted by molar-refractivity contribution is 7.92. The minimum absolute atomic E-state index is 0.133. The maximum Gasteiger partial charge on any atom is 0.232 e. The Morgan fingerprint density at radius 2 is 1.94 bits per heavy atom. The largest absolute Gasteiger partial charge is 0.455 e. The van der Waals surface area contributed by atoms with E-state index in [1.54, 1.807) is 32.0 Å². The average Bonchev–Trinajstić information content (AvgIpc) is 3.58. The van der Waals surface area contributed by atoms with Gasteiger partial charge in [-0.1, -0.05) is 5.16 Å². The van der Waals surface area contributed by atoms with Crippen LogP contribution in [0.5, 0.6) is 0 Å². The van der Waals surface area contributed by atoms with Crippen molar-refractivity contribution in [1.29, 1.82) is 0 Å². The fourth-order valence-electron chi connectivity index (χ4n) is 4.46. The van der Waals surface area contributed by atoms with Gasteiger partial charge in [-0.15, -0.1) is 0 Å². The van der Waals surface area contributed by atoms with Crippen molar-refractivity contribution in [1.82, 2.24) is 5.32 Å². The molecule has 1 aromatic heterocycles. The van der Waals surface area contributed by atoms with Crippen molar-refractivity contribution >= 4 is 32.5 Å². The van der Waals surface area contributed by atoms with Gasteiger partial charge in [0.1, 0.15) is 23.8 Å². The summed E-state index contributed by atoms with van der Waals surface area (Å²) in [6.07, 6.45) is 3.36. The molecular weight excluding hydrogens is 485 g/mol. The second-order valence-corrected chi connectivity index (χ2v) is 12.0. The van der Waals surface area contributed by atoms with Gasteiger partial charge in [-0.2, -0.15) is 0 Å². The van der Waals surface area contributed by atoms with Gasteiger partial charge in [-0.05, 0) is 74.9 Å². The first-order chi connectivity index (χ1) is 17.0. The highest BCUT2D eigenvalue weighted by Gasteiger charge is 2.33. The molecule has 0 spiro atoms. The number of anilines is 1. The van der Waals surface area contributed by atoms with E-state index in [-0.39, 0.29) is 24.7 Å². The van der Waals surface area contributed by atoms with Crippen molar-refractivity contribution in [2.24, 2.45) is 5.16 Å². The summed E-state index contributed by atoms with van der Waals surface area (Å²) in [5.41, 5.74) is 2.27. The second-order valence-electron chi connectivity index (χ2n) is 10.1. The molecule has 0 atom stereocenters. The Morgan fingerprint density at radius 3 is 2.53 bits per heavy atom. The molecule has 2 aliphatic rings. The summed E-state index contributed by atoms with van der Waals surface area (Å²) in [7, 11) is -3.64. The number of halogens is 1. The van der Waals surface area contributed by atoms with E-state index < -0.39 is 15.6 Å². The number of benzene rings is 2. The lowest BCUT2D eigenvalue weighted by Gasteiger charge is -2.28. The number of rotatable bonds is 8. The Balaban J connectivity index is 1.73. The molecule has 1 aliphatic carbocycles. The highest BCUT2D eigenvalue weighted by atomic mass is 32.2. The molecule has 5 rings (SSSR count). The zero-order chi connectivity index (χ0) is 25.7. The number of oxime groups is 1. The van der Waals surface area contributed by atoms with Crippen molar-refractivity contribution < 1.29 is 27.2 Å². The van der Waals surface area contributed by atoms with E-state index in [1.165, 1.54) is 22.7 Å². The van der Waals surface area contributed by atoms with Crippen LogP contribution >= 0.6 is 0 Å². The second kappa shape index (κ2) is 9.08. The van der Waals surface area contributed by atoms with Crippen LogP contribution in [0.4, 0.5) is 10.1 Å². The topological polar surface area (TPSA) is 104 Å². The summed E-state index contributed by atoms with van der Waals surface area (Å²) in [5.74, 6) is 0.867. The molecule has 0 bridgehead atoms. The van der Waals surface area contributed by atoms with E-state index in [1.807, 2.05) is 6.07 Å². The number of fused-ring (bicyclic) bond motifs is 1. The van der Waals surface area contributed by atoms with Crippen molar-refractivity contribution in [3.8, 4) is 11.3 Å². The zero-order valence-electron chi connectivity index (χ0n) is 20.5. The van der Waals surface area contributed by atoms with Gasteiger partial charge in [0.15, 0.2) is 5.84 Å². The molecule has 1 aliphatic heterocycles. The van der Waals surface area contributed by atoms with Crippen LogP contribution in [-0.2, 0) is 14.9 Å². The number of hydrogen-bond acceptors (Lipinski definition) is 7. The quantitative estimate of drug-likeness (QED) is 0.463. The van der Waals surface area contributed by atoms with Crippen LogP contribution in [0.15, 0.2) is 46.0 Å². The summed E-state index contributed by atoms with van der Waals surface area (Å²) in [6, 6.07) is 9.74. The molecule has 0 amide bonds. The smallest absolute Gasteiger partial charge is 0.232 e. The lowest BCUT2D eigenvalue weighted by atomic mass is 9.99. The fraction of sp³-hybridized carbons (Fsp3) is 0.423. The Kier molecular flexibility index (Phi) is 6.20. The van der Waals surface area contributed by atoms with Gasteiger partial charge in [-0.25, -0.2) is 12.8 Å². The van der Waals surface area contributed by atoms with E-state index in [4.69, 9.17) is 9.25 Å². The molecule has 2 N–H and O–H groups in total. The van der Waals surface area contributed by atoms with Crippen LogP contribution in [0.1, 0.15) is 50.2 Å². The number of amidine groups is 1. The van der Waals surface area contributed by atoms with Crippen molar-refractivity contribution in [3.63, 3.8) is 0 Å². The van der Waals surface area contributed by atoms with Gasteiger partial charge in [0.2, 0.25) is 10.0 Å². The third-order valence-electron chi connectivity index (χ3n) is 6.44. The summed E-state index contributed by atoms with van der Waals surface area (Å²) in [5, 5.41) is 18.5. The molecule has 10 heteroatoms. The van der Waals surface area contributed by atoms with E-state index in [9.17, 15) is 17.9 Å². The number of aliphatic hydroxyl groups is 1. The molecule has 1 saturated carbocycles. The standard InChI is InChI=1S/C26H30FN3O5S/c1-26(2,31)10-12-30(36(3,32)33)21-15-22-20(14-19(21)16-4-5-16)23(25-28-11-13-34-29-25)24(35-22)17-6-8-18(27)9-7-17/h6-9,14-16,31H,4-5,10-13H2,1-3H3,(H,28,29). The molecule has 192 valence electrons. The van der Waals surface area contributed by atoms with Crippen LogP contribution < -0.4 is 9.62 Å². The maximum absolute atomic E-state index is 13.7. The summed E-state index contributed by atoms with van der Waals surface area (Å²) in [6.45, 7) is 4.46. The monoisotopic (exact) mass is 515 g/mol. The van der Waals surface area contributed by atoms with Gasteiger partial charge in [0, 0.05) is 23.6 Å². The summed E-state index contributed by atoms with van der Waals surface area (Å²) < 4.78 is 47.1. The molecule has 0 saturated heterocycles. The average molecular weight is 516 g/mol. The Hall–Kier alpha value is -3.11. The first-order valence-corrected chi connectivity index (χ1v) is 13.9. The van der Waals surface area contributed by atoms with E-state index in [0.717, 1.165) is 23.8 Å². The Morgan fingerprint density at radius 1 is 1.22 bits per heavy atom. The lowest BCUT2D eigenvalue weighted by molar-refractivity contribution is 0.0740. The van der Waals surface area contributed by atoms with Crippen LogP contribution in [0, 0.1) is 5.82 Å². The third-order valence-corrected chi connectivity index (χ3v) is 7.61. The zero-order valence-corrected chi connectivity index (χ0v) is 21.4. The predicted molar refractivity (Wildman–Crippen MR) is 137 cm³/mol. The van der Waals surface area contributed by atoms with Crippen LogP contribution in [0.3, 0.4) is 0 Å². The molecule has 8 nitrogen and oxygen atoms in total. The van der Waals surface area contributed by atoms with Crippen LogP contribution in [0.2, 0.25) is 0 Å². The van der Waals surface area contributed by atoms with Gasteiger partial charge in [0.05, 0.1) is 29.7 Å². The molecular formula is C26H30FN3O5S. The fourth-order valence-corrected chi connectivity index (χ4v) is 5.40. The predicted octanol–water partition coefficient (Wildman–Crippen LogP) is 4.32. The van der Waals surface area contributed by atoms with Crippen LogP contribution in [-0.4, -0.2) is 50.9 Å². The number of hydrogen-bond donors (Lipinski definition) is 2. The van der Waals surface area contributed by atoms with E-state index in [0.29, 0.717) is 47.1 Å². The first-order valence-electron chi connectivity index (χ1n) is 12.0. The van der Waals surface area contributed by atoms with E-state index >= 15 is 0 Å². The maximum atomic E-state index is 13.7. The highest BCUT2D eigenvalue weighted by Crippen LogP contribution is 2.48. The summed E-state index contributed by atoms with van der Waals surface area (Å²) in [4.78, 5) is 5.34. The molecule has 1 fully saturated rings. The molecule has 3 aromatic rings. The first kappa shape index (κ1) is 24.6. The van der Waals surface area contributed by atoms with Gasteiger partial charge < -0.3 is 19.7 Å². The SMILES string of the molecule is CC(C)(O)CCN(c1cc2oc(-c3ccc(F)cc3)c(C3=NOCCN3)c2cc1C1CC1)S(C)(=O)=O. The normalized spacial score (nSPS) is 16.4. The van der Waals surface area contributed by atoms with Gasteiger partial charge >= 0.3 is 0 Å². The molecule has 0 radical (unpaired) electrons. The minimum Gasteiger partial charge on any atom is -0.455 e. The minimum atomic E-state index is -3.64. The number of furan rings is 1. The van der Waals surface area contributed by atoms with Gasteiger partial charge in [-0.3, -0.25) is 4.31 Å². The van der Waals surface area contributed by atoms with Crippen molar-refractivity contribution in [2.75, 3.05) is 30.3 Å². The summed E-state index contributed by atoms with van der Waals surface area (Å²) >= 11 is 0. The van der Waals surface area contributed by atoms with Crippen LogP contribution in [0.25, 0.3) is 22.3 Å². The number of sulfonamides is 1. The molecule has 36 heavy (non-hydrogen) atoms. The van der Waals surface area contributed by atoms with Crippen molar-refractivity contribution in [2.45, 2.75) is 44.6 Å². The molecule has 0 unspecified atom stereocenters. The molecule has 2 heterocycles. The number of nitrogens with one attached hydrogen (secondary N) is 1. The third kappa shape index (κ3) is 5.05. The Bertz CT molecular complexity index is 1420. The molecule has 2 aromatic carbocycles.